The molecule has 6 rings (SSSR count). The lowest BCUT2D eigenvalue weighted by Gasteiger charge is -2.37. The number of para-hydroxylation sites is 1. The highest BCUT2D eigenvalue weighted by molar-refractivity contribution is 5.87. The summed E-state index contributed by atoms with van der Waals surface area (Å²) in [5.74, 6) is -0.419. The van der Waals surface area contributed by atoms with Gasteiger partial charge in [0.15, 0.2) is 0 Å². The highest BCUT2D eigenvalue weighted by atomic mass is 16.6. The number of benzene rings is 2. The number of ether oxygens (including phenoxy) is 2. The number of esters is 1. The van der Waals surface area contributed by atoms with Crippen LogP contribution in [0.2, 0.25) is 0 Å². The number of hydrogen-bond acceptors (Lipinski definition) is 5. The first-order chi connectivity index (χ1) is 31.7. The van der Waals surface area contributed by atoms with Gasteiger partial charge in [-0.05, 0) is 62.1 Å². The minimum Gasteiger partial charge on any atom is -0.464 e. The standard InChI is InChI=1S/C56H81N5O4/c1-5-6-7-8-9-10-11-12-13-14-15-16-17-18-19-20-21-22-23-26-37-64-55(62)52(39-47-41-58-51-28-25-24-27-48(47)51)59-56(63)65-43-61(4)36-34-54-50(42-61)49-38-44(2)29-32-53(49)60(54)35-33-46-31-30-45(3)57-40-46/h24-25,27-32,38,40-41,52,58H,5-23,26,33-37,39,42-43H2,1-4H3/p+1. The second-order valence-electron chi connectivity index (χ2n) is 19.6. The maximum Gasteiger partial charge on any atom is 0.412 e. The van der Waals surface area contributed by atoms with Crippen molar-refractivity contribution in [3.05, 3.63) is 101 Å². The largest absolute Gasteiger partial charge is 0.464 e. The Kier molecular flexibility index (Phi) is 20.3. The molecule has 0 aliphatic carbocycles. The molecule has 354 valence electrons. The Balaban J connectivity index is 0.914. The number of hydrogen-bond donors (Lipinski definition) is 2. The molecule has 1 aliphatic rings. The Hall–Kier alpha value is -4.63. The summed E-state index contributed by atoms with van der Waals surface area (Å²) in [5, 5.41) is 5.22. The first-order valence-corrected chi connectivity index (χ1v) is 25.7. The molecule has 0 radical (unpaired) electrons. The first-order valence-electron chi connectivity index (χ1n) is 25.7. The van der Waals surface area contributed by atoms with Crippen LogP contribution in [-0.2, 0) is 46.6 Å². The first kappa shape index (κ1) is 49.8. The van der Waals surface area contributed by atoms with Gasteiger partial charge in [-0.3, -0.25) is 9.47 Å². The number of amides is 1. The lowest BCUT2D eigenvalue weighted by molar-refractivity contribution is -0.940. The molecule has 5 aromatic rings. The highest BCUT2D eigenvalue weighted by Gasteiger charge is 2.35. The van der Waals surface area contributed by atoms with Gasteiger partial charge in [-0.25, -0.2) is 9.59 Å². The van der Waals surface area contributed by atoms with Crippen molar-refractivity contribution in [2.75, 3.05) is 26.9 Å². The zero-order valence-corrected chi connectivity index (χ0v) is 40.7. The van der Waals surface area contributed by atoms with E-state index in [1.807, 2.05) is 43.6 Å². The fraction of sp³-hybridized carbons (Fsp3) is 0.589. The Labute approximate surface area is 391 Å². The molecule has 3 aromatic heterocycles. The third kappa shape index (κ3) is 15.8. The monoisotopic (exact) mass is 889 g/mol. The molecule has 2 unspecified atom stereocenters. The molecule has 1 amide bonds. The Morgan fingerprint density at radius 3 is 2.08 bits per heavy atom. The number of pyridine rings is 1. The zero-order chi connectivity index (χ0) is 45.7. The average molecular weight is 889 g/mol. The van der Waals surface area contributed by atoms with Gasteiger partial charge in [0.1, 0.15) is 12.6 Å². The maximum absolute atomic E-state index is 13.6. The number of aromatic nitrogens is 3. The predicted molar refractivity (Wildman–Crippen MR) is 267 cm³/mol. The molecule has 0 bridgehead atoms. The van der Waals surface area contributed by atoms with Crippen molar-refractivity contribution in [1.29, 1.82) is 0 Å². The van der Waals surface area contributed by atoms with Gasteiger partial charge in [0, 0.05) is 70.5 Å². The number of alkyl carbamates (subject to hydrolysis) is 1. The van der Waals surface area contributed by atoms with E-state index in [9.17, 15) is 9.59 Å². The van der Waals surface area contributed by atoms with Gasteiger partial charge in [0.2, 0.25) is 6.73 Å². The summed E-state index contributed by atoms with van der Waals surface area (Å²) in [6.07, 6.45) is 31.9. The van der Waals surface area contributed by atoms with Crippen LogP contribution in [0, 0.1) is 13.8 Å². The van der Waals surface area contributed by atoms with E-state index in [1.54, 1.807) is 0 Å². The predicted octanol–water partition coefficient (Wildman–Crippen LogP) is 13.5. The Morgan fingerprint density at radius 2 is 1.43 bits per heavy atom. The maximum atomic E-state index is 13.6. The van der Waals surface area contributed by atoms with Gasteiger partial charge in [0.25, 0.3) is 0 Å². The molecule has 4 heterocycles. The van der Waals surface area contributed by atoms with Crippen LogP contribution in [0.1, 0.15) is 169 Å². The van der Waals surface area contributed by atoms with Crippen LogP contribution in [-0.4, -0.2) is 64.1 Å². The van der Waals surface area contributed by atoms with Crippen LogP contribution in [0.15, 0.2) is 67.0 Å². The van der Waals surface area contributed by atoms with Crippen molar-refractivity contribution >= 4 is 33.9 Å². The minimum absolute atomic E-state index is 0.201. The van der Waals surface area contributed by atoms with E-state index in [1.165, 1.54) is 142 Å². The SMILES string of the molecule is CCCCCCCCCCCCCCCCCCCCCCOC(=O)C(Cc1c[nH]c2ccccc12)NC(=O)OC[N+]1(C)CCc2c(c3cc(C)ccc3n2CCc2ccc(C)nc2)C1. The van der Waals surface area contributed by atoms with Gasteiger partial charge in [-0.1, -0.05) is 165 Å². The quantitative estimate of drug-likeness (QED) is 0.0272. The molecular weight excluding hydrogens is 807 g/mol. The molecule has 0 spiro atoms. The number of aryl methyl sites for hydroxylation is 4. The Bertz CT molecular complexity index is 2190. The molecule has 9 nitrogen and oxygen atoms in total. The van der Waals surface area contributed by atoms with Crippen LogP contribution >= 0.6 is 0 Å². The van der Waals surface area contributed by atoms with Crippen LogP contribution < -0.4 is 5.32 Å². The fourth-order valence-electron chi connectivity index (χ4n) is 9.89. The summed E-state index contributed by atoms with van der Waals surface area (Å²) in [7, 11) is 2.16. The fourth-order valence-corrected chi connectivity index (χ4v) is 9.89. The number of nitrogens with zero attached hydrogens (tertiary/aromatic N) is 3. The van der Waals surface area contributed by atoms with Gasteiger partial charge >= 0.3 is 12.1 Å². The van der Waals surface area contributed by atoms with E-state index < -0.39 is 18.1 Å². The van der Waals surface area contributed by atoms with Crippen LogP contribution in [0.4, 0.5) is 4.79 Å². The molecule has 2 atom stereocenters. The molecule has 2 N–H and O–H groups in total. The van der Waals surface area contributed by atoms with Crippen molar-refractivity contribution in [1.82, 2.24) is 19.9 Å². The van der Waals surface area contributed by atoms with E-state index in [-0.39, 0.29) is 6.73 Å². The average Bonchev–Trinajstić information content (AvgIpc) is 3.85. The van der Waals surface area contributed by atoms with Crippen molar-refractivity contribution in [3.63, 3.8) is 0 Å². The number of quaternary nitrogens is 1. The molecule has 9 heteroatoms. The van der Waals surface area contributed by atoms with E-state index >= 15 is 0 Å². The number of nitrogens with one attached hydrogen (secondary N) is 2. The molecule has 0 saturated heterocycles. The minimum atomic E-state index is -0.866. The topological polar surface area (TPSA) is 98.2 Å². The molecule has 65 heavy (non-hydrogen) atoms. The second kappa shape index (κ2) is 26.5. The van der Waals surface area contributed by atoms with Gasteiger partial charge in [-0.2, -0.15) is 0 Å². The molecule has 2 aromatic carbocycles. The number of carbonyl (C=O) groups excluding carboxylic acids is 2. The van der Waals surface area contributed by atoms with Gasteiger partial charge in [-0.15, -0.1) is 0 Å². The molecule has 0 fully saturated rings. The summed E-state index contributed by atoms with van der Waals surface area (Å²) in [6.45, 7) is 9.48. The van der Waals surface area contributed by atoms with Gasteiger partial charge in [0.05, 0.1) is 20.2 Å². The van der Waals surface area contributed by atoms with E-state index in [0.29, 0.717) is 17.5 Å². The number of aromatic amines is 1. The van der Waals surface area contributed by atoms with E-state index in [4.69, 9.17) is 9.47 Å². The third-order valence-electron chi connectivity index (χ3n) is 13.9. The number of H-pyrrole nitrogens is 1. The normalized spacial score (nSPS) is 15.3. The van der Waals surface area contributed by atoms with Crippen molar-refractivity contribution < 1.29 is 23.5 Å². The van der Waals surface area contributed by atoms with Crippen molar-refractivity contribution in [2.45, 2.75) is 188 Å². The van der Waals surface area contributed by atoms with Crippen molar-refractivity contribution in [2.24, 2.45) is 0 Å². The number of carbonyl (C=O) groups is 2. The second-order valence-corrected chi connectivity index (χ2v) is 19.6. The zero-order valence-electron chi connectivity index (χ0n) is 40.7. The van der Waals surface area contributed by atoms with E-state index in [0.717, 1.165) is 73.9 Å². The number of fused-ring (bicyclic) bond motifs is 4. The van der Waals surface area contributed by atoms with Gasteiger partial charge < -0.3 is 24.3 Å². The van der Waals surface area contributed by atoms with Crippen LogP contribution in [0.25, 0.3) is 21.8 Å². The summed E-state index contributed by atoms with van der Waals surface area (Å²) in [5.41, 5.74) is 9.39. The molecule has 1 aliphatic heterocycles. The van der Waals surface area contributed by atoms with E-state index in [2.05, 4.69) is 71.1 Å². The summed E-state index contributed by atoms with van der Waals surface area (Å²) >= 11 is 0. The molecule has 0 saturated carbocycles. The highest BCUT2D eigenvalue weighted by Crippen LogP contribution is 2.34. The number of rotatable bonds is 30. The number of unbranched alkanes of at least 4 members (excludes halogenated alkanes) is 19. The smallest absolute Gasteiger partial charge is 0.412 e. The van der Waals surface area contributed by atoms with Crippen molar-refractivity contribution in [3.8, 4) is 0 Å². The summed E-state index contributed by atoms with van der Waals surface area (Å²) in [4.78, 5) is 35.1. The van der Waals surface area contributed by atoms with Crippen LogP contribution in [0.5, 0.6) is 0 Å². The lowest BCUT2D eigenvalue weighted by atomic mass is 10.0. The summed E-state index contributed by atoms with van der Waals surface area (Å²) < 4.78 is 14.9. The summed E-state index contributed by atoms with van der Waals surface area (Å²) in [6, 6.07) is 18.2. The third-order valence-corrected chi connectivity index (χ3v) is 13.9. The lowest BCUT2D eigenvalue weighted by Crippen LogP contribution is -2.51. The number of likely N-dealkylation sites (N-methyl/N-ethyl adjacent to an activating group) is 1. The Morgan fingerprint density at radius 1 is 0.785 bits per heavy atom. The van der Waals surface area contributed by atoms with Crippen LogP contribution in [0.3, 0.4) is 0 Å². The molecular formula is C56H82N5O4+.